The molecule has 1 atom stereocenters. The molecule has 2 aliphatic carbocycles. The highest BCUT2D eigenvalue weighted by atomic mass is 32.2. The molecule has 1 aromatic carbocycles. The van der Waals surface area contributed by atoms with Crippen molar-refractivity contribution >= 4 is 20.9 Å². The topological polar surface area (TPSA) is 115 Å². The van der Waals surface area contributed by atoms with Gasteiger partial charge in [0, 0.05) is 49.1 Å². The van der Waals surface area contributed by atoms with Crippen molar-refractivity contribution in [1.29, 1.82) is 0 Å². The smallest absolute Gasteiger partial charge is 0.331 e. The fourth-order valence-corrected chi connectivity index (χ4v) is 8.68. The second kappa shape index (κ2) is 10.6. The molecule has 11 heteroatoms. The average molecular weight is 588 g/mol. The zero-order valence-corrected chi connectivity index (χ0v) is 25.5. The Morgan fingerprint density at radius 3 is 2.24 bits per heavy atom. The molecule has 2 N–H and O–H groups in total. The number of nitrogens with one attached hydrogen (secondary N) is 2. The van der Waals surface area contributed by atoms with E-state index in [0.717, 1.165) is 45.1 Å². The Balaban J connectivity index is 1.44. The Bertz CT molecular complexity index is 1530. The fourth-order valence-electron chi connectivity index (χ4n) is 7.19. The van der Waals surface area contributed by atoms with Crippen molar-refractivity contribution in [2.75, 3.05) is 26.8 Å². The number of aromatic nitrogens is 2. The highest BCUT2D eigenvalue weighted by Crippen LogP contribution is 2.38. The summed E-state index contributed by atoms with van der Waals surface area (Å²) >= 11 is 0. The molecule has 2 saturated carbocycles. The molecular weight excluding hydrogens is 542 g/mol. The van der Waals surface area contributed by atoms with Gasteiger partial charge in [-0.3, -0.25) is 13.9 Å². The summed E-state index contributed by atoms with van der Waals surface area (Å²) in [6.07, 6.45) is 10.8. The van der Waals surface area contributed by atoms with Gasteiger partial charge >= 0.3 is 5.69 Å². The number of hydrogen-bond acceptors (Lipinski definition) is 7. The van der Waals surface area contributed by atoms with Gasteiger partial charge in [0.05, 0.1) is 29.0 Å². The first-order chi connectivity index (χ1) is 19.4. The quantitative estimate of drug-likeness (QED) is 0.512. The van der Waals surface area contributed by atoms with Crippen LogP contribution in [0.3, 0.4) is 0 Å². The zero-order valence-electron chi connectivity index (χ0n) is 24.7. The van der Waals surface area contributed by atoms with Crippen LogP contribution >= 0.6 is 0 Å². The molecule has 1 aromatic heterocycles. The predicted molar refractivity (Wildman–Crippen MR) is 158 cm³/mol. The lowest BCUT2D eigenvalue weighted by Crippen LogP contribution is -2.52. The molecule has 4 fully saturated rings. The first-order valence-electron chi connectivity index (χ1n) is 15.3. The number of ether oxygens (including phenoxy) is 1. The highest BCUT2D eigenvalue weighted by molar-refractivity contribution is 7.89. The maximum absolute atomic E-state index is 14.1. The van der Waals surface area contributed by atoms with Crippen LogP contribution in [0.2, 0.25) is 0 Å². The number of sulfonamides is 1. The first kappa shape index (κ1) is 29.0. The van der Waals surface area contributed by atoms with E-state index in [1.165, 1.54) is 42.4 Å². The van der Waals surface area contributed by atoms with Crippen LogP contribution in [0, 0.1) is 11.3 Å². The molecular formula is C30H45N5O5S. The van der Waals surface area contributed by atoms with Crippen LogP contribution in [0.4, 0.5) is 0 Å². The normalized spacial score (nSPS) is 25.9. The van der Waals surface area contributed by atoms with Crippen LogP contribution in [-0.2, 0) is 27.8 Å². The largest absolute Gasteiger partial charge is 0.380 e. The molecule has 6 rings (SSSR count). The molecule has 2 aromatic rings. The van der Waals surface area contributed by atoms with E-state index in [4.69, 9.17) is 4.74 Å². The second-order valence-electron chi connectivity index (χ2n) is 13.9. The van der Waals surface area contributed by atoms with Gasteiger partial charge in [-0.2, -0.15) is 0 Å². The number of hydrogen-bond donors (Lipinski definition) is 2. The maximum Gasteiger partial charge on any atom is 0.331 e. The van der Waals surface area contributed by atoms with Gasteiger partial charge in [0.2, 0.25) is 10.0 Å². The van der Waals surface area contributed by atoms with Crippen LogP contribution < -0.4 is 21.4 Å². The van der Waals surface area contributed by atoms with Gasteiger partial charge in [-0.25, -0.2) is 28.4 Å². The van der Waals surface area contributed by atoms with Crippen molar-refractivity contribution in [2.45, 2.75) is 107 Å². The first-order valence-corrected chi connectivity index (χ1v) is 16.8. The summed E-state index contributed by atoms with van der Waals surface area (Å²) in [7, 11) is -1.77. The minimum atomic E-state index is -3.81. The van der Waals surface area contributed by atoms with Crippen LogP contribution in [0.5, 0.6) is 0 Å². The number of rotatable bonds is 7. The van der Waals surface area contributed by atoms with Crippen LogP contribution in [-0.4, -0.2) is 60.4 Å². The molecule has 2 saturated heterocycles. The molecule has 226 valence electrons. The van der Waals surface area contributed by atoms with E-state index in [0.29, 0.717) is 31.8 Å². The monoisotopic (exact) mass is 587 g/mol. The Morgan fingerprint density at radius 2 is 1.63 bits per heavy atom. The van der Waals surface area contributed by atoms with Crippen molar-refractivity contribution in [1.82, 2.24) is 24.3 Å². The van der Waals surface area contributed by atoms with Crippen molar-refractivity contribution in [3.63, 3.8) is 0 Å². The lowest BCUT2D eigenvalue weighted by molar-refractivity contribution is -0.110. The van der Waals surface area contributed by atoms with E-state index < -0.39 is 21.1 Å². The van der Waals surface area contributed by atoms with Crippen molar-refractivity contribution in [2.24, 2.45) is 11.3 Å². The molecule has 0 radical (unpaired) electrons. The molecule has 0 amide bonds. The second-order valence-corrected chi connectivity index (χ2v) is 15.6. The number of nitrogens with zero attached hydrogens (tertiary/aromatic N) is 3. The third-order valence-corrected chi connectivity index (χ3v) is 11.6. The van der Waals surface area contributed by atoms with E-state index in [9.17, 15) is 18.0 Å². The number of fused-ring (bicyclic) bond motifs is 1. The summed E-state index contributed by atoms with van der Waals surface area (Å²) in [5, 5.41) is 2.38. The lowest BCUT2D eigenvalue weighted by atomic mass is 9.78. The minimum absolute atomic E-state index is 0.0557. The highest BCUT2D eigenvalue weighted by Gasteiger charge is 2.45. The number of benzene rings is 1. The van der Waals surface area contributed by atoms with Crippen molar-refractivity contribution in [3.05, 3.63) is 39.0 Å². The van der Waals surface area contributed by atoms with Crippen molar-refractivity contribution in [3.8, 4) is 0 Å². The van der Waals surface area contributed by atoms with Crippen molar-refractivity contribution < 1.29 is 13.2 Å². The Labute approximate surface area is 242 Å². The Morgan fingerprint density at radius 1 is 0.976 bits per heavy atom. The van der Waals surface area contributed by atoms with Gasteiger partial charge in [0.1, 0.15) is 0 Å². The summed E-state index contributed by atoms with van der Waals surface area (Å²) in [5.74, 6) is 0.0768. The summed E-state index contributed by atoms with van der Waals surface area (Å²) in [4.78, 5) is 28.3. The van der Waals surface area contributed by atoms with Gasteiger partial charge < -0.3 is 4.74 Å². The van der Waals surface area contributed by atoms with Crippen LogP contribution in [0.1, 0.15) is 78.1 Å². The van der Waals surface area contributed by atoms with Gasteiger partial charge in [0.25, 0.3) is 5.56 Å². The van der Waals surface area contributed by atoms with E-state index in [-0.39, 0.29) is 32.8 Å². The molecule has 2 aliphatic heterocycles. The summed E-state index contributed by atoms with van der Waals surface area (Å²) < 4.78 is 37.8. The lowest BCUT2D eigenvalue weighted by Gasteiger charge is -2.39. The van der Waals surface area contributed by atoms with Gasteiger partial charge in [-0.15, -0.1) is 0 Å². The SMILES string of the molecule is CN1CC(Cn2c(=O)c3cc(S(=O)(=O)NC4(C)CC4)ccc3n(CC3(C)COC3)c2=O)C2(CCCCCCCC2)N1. The van der Waals surface area contributed by atoms with E-state index in [2.05, 4.69) is 22.1 Å². The molecule has 4 aliphatic rings. The van der Waals surface area contributed by atoms with Gasteiger partial charge in [-0.1, -0.05) is 45.4 Å². The van der Waals surface area contributed by atoms with E-state index in [1.807, 2.05) is 14.0 Å². The Hall–Kier alpha value is -2.05. The van der Waals surface area contributed by atoms with Crippen LogP contribution in [0.25, 0.3) is 10.9 Å². The third-order valence-electron chi connectivity index (χ3n) is 9.92. The maximum atomic E-state index is 14.1. The average Bonchev–Trinajstić information content (AvgIpc) is 3.50. The zero-order chi connectivity index (χ0) is 29.0. The third kappa shape index (κ3) is 5.68. The molecule has 1 spiro atoms. The molecule has 3 heterocycles. The molecule has 0 bridgehead atoms. The summed E-state index contributed by atoms with van der Waals surface area (Å²) in [6.45, 7) is 6.48. The standard InChI is InChI=1S/C30H45N5O5S/c1-28(20-40-21-28)19-35-25-11-10-23(41(38,39)32-29(2)14-15-29)16-24(25)26(36)34(27(35)37)18-22-17-33(3)31-30(22)12-8-6-4-5-7-9-13-30/h10-11,16,22,31-32H,4-9,12-15,17-21H2,1-3H3. The number of hydrazine groups is 1. The Kier molecular flexibility index (Phi) is 7.50. The van der Waals surface area contributed by atoms with Gasteiger partial charge in [0.15, 0.2) is 0 Å². The fraction of sp³-hybridized carbons (Fsp3) is 0.733. The van der Waals surface area contributed by atoms with E-state index >= 15 is 0 Å². The molecule has 10 nitrogen and oxygen atoms in total. The van der Waals surface area contributed by atoms with Gasteiger partial charge in [-0.05, 0) is 50.8 Å². The van der Waals surface area contributed by atoms with Crippen LogP contribution in [0.15, 0.2) is 32.7 Å². The minimum Gasteiger partial charge on any atom is -0.380 e. The molecule has 1 unspecified atom stereocenters. The summed E-state index contributed by atoms with van der Waals surface area (Å²) in [6, 6.07) is 4.60. The predicted octanol–water partition coefficient (Wildman–Crippen LogP) is 2.97. The van der Waals surface area contributed by atoms with E-state index in [1.54, 1.807) is 10.6 Å². The summed E-state index contributed by atoms with van der Waals surface area (Å²) in [5.41, 5.74) is 2.65. The molecule has 41 heavy (non-hydrogen) atoms.